The third-order valence-corrected chi connectivity index (χ3v) is 8.07. The highest BCUT2D eigenvalue weighted by Crippen LogP contribution is 2.30. The van der Waals surface area contributed by atoms with E-state index in [1.54, 1.807) is 6.92 Å². The van der Waals surface area contributed by atoms with E-state index >= 15 is 0 Å². The monoisotopic (exact) mass is 522 g/mol. The first kappa shape index (κ1) is 27.2. The Morgan fingerprint density at radius 2 is 1.19 bits per heavy atom. The average Bonchev–Trinajstić information content (AvgIpc) is 2.90. The molecule has 4 atom stereocenters. The summed E-state index contributed by atoms with van der Waals surface area (Å²) < 4.78 is 51.6. The van der Waals surface area contributed by atoms with Crippen LogP contribution in [0.4, 0.5) is 0 Å². The van der Waals surface area contributed by atoms with Crippen LogP contribution < -0.4 is 0 Å². The zero-order chi connectivity index (χ0) is 26.1. The molecule has 0 aliphatic carbocycles. The van der Waals surface area contributed by atoms with Crippen LogP contribution in [0.1, 0.15) is 23.6 Å². The normalized spacial score (nSPS) is 22.0. The Balaban J connectivity index is 1.61. The van der Waals surface area contributed by atoms with Crippen molar-refractivity contribution in [3.63, 3.8) is 0 Å². The van der Waals surface area contributed by atoms with Crippen molar-refractivity contribution in [2.45, 2.75) is 50.5 Å². The maximum absolute atomic E-state index is 13.4. The highest BCUT2D eigenvalue weighted by atomic mass is 32.2. The lowest BCUT2D eigenvalue weighted by atomic mass is 10.0. The van der Waals surface area contributed by atoms with Crippen molar-refractivity contribution in [1.29, 1.82) is 0 Å². The van der Waals surface area contributed by atoms with Gasteiger partial charge in [-0.3, -0.25) is 0 Å². The first-order valence-electron chi connectivity index (χ1n) is 12.4. The molecule has 196 valence electrons. The lowest BCUT2D eigenvalue weighted by Gasteiger charge is -2.41. The van der Waals surface area contributed by atoms with Gasteiger partial charge in [0, 0.05) is 0 Å². The van der Waals surface area contributed by atoms with E-state index in [1.165, 1.54) is 0 Å². The van der Waals surface area contributed by atoms with Gasteiger partial charge in [-0.1, -0.05) is 103 Å². The quantitative estimate of drug-likeness (QED) is 0.309. The summed E-state index contributed by atoms with van der Waals surface area (Å²) in [5.74, 6) is -0.191. The Labute approximate surface area is 219 Å². The molecule has 7 heteroatoms. The smallest absolute Gasteiger partial charge is 0.187 e. The van der Waals surface area contributed by atoms with Crippen LogP contribution in [0.15, 0.2) is 103 Å². The molecule has 1 aliphatic rings. The molecule has 0 radical (unpaired) electrons. The first-order valence-corrected chi connectivity index (χ1v) is 14.1. The lowest BCUT2D eigenvalue weighted by Crippen LogP contribution is -2.58. The highest BCUT2D eigenvalue weighted by Gasteiger charge is 2.48. The van der Waals surface area contributed by atoms with E-state index in [2.05, 4.69) is 6.58 Å². The van der Waals surface area contributed by atoms with Crippen molar-refractivity contribution in [1.82, 2.24) is 0 Å². The van der Waals surface area contributed by atoms with Crippen LogP contribution in [-0.2, 0) is 48.6 Å². The molecule has 1 aliphatic heterocycles. The third-order valence-electron chi connectivity index (χ3n) is 6.06. The topological polar surface area (TPSA) is 71.1 Å². The summed E-state index contributed by atoms with van der Waals surface area (Å²) in [5, 5.41) is 0. The Bertz CT molecular complexity index is 1210. The fourth-order valence-electron chi connectivity index (χ4n) is 4.31. The van der Waals surface area contributed by atoms with Gasteiger partial charge in [-0.05, 0) is 23.6 Å². The van der Waals surface area contributed by atoms with Gasteiger partial charge < -0.3 is 18.9 Å². The molecule has 0 unspecified atom stereocenters. The van der Waals surface area contributed by atoms with Gasteiger partial charge in [0.25, 0.3) is 0 Å². The summed E-state index contributed by atoms with van der Waals surface area (Å²) in [4.78, 5) is 0. The molecule has 0 N–H and O–H groups in total. The van der Waals surface area contributed by atoms with E-state index in [0.29, 0.717) is 12.2 Å². The minimum Gasteiger partial charge on any atom is -0.368 e. The van der Waals surface area contributed by atoms with E-state index in [1.807, 2.05) is 91.0 Å². The predicted molar refractivity (Wildman–Crippen MR) is 143 cm³/mol. The second-order valence-electron chi connectivity index (χ2n) is 9.32. The van der Waals surface area contributed by atoms with Crippen LogP contribution in [0.25, 0.3) is 0 Å². The van der Waals surface area contributed by atoms with Crippen LogP contribution in [0, 0.1) is 0 Å². The van der Waals surface area contributed by atoms with E-state index in [0.717, 1.165) is 16.7 Å². The molecule has 0 saturated carbocycles. The Morgan fingerprint density at radius 3 is 1.65 bits per heavy atom. The first-order chi connectivity index (χ1) is 17.9. The van der Waals surface area contributed by atoms with E-state index in [-0.39, 0.29) is 25.6 Å². The van der Waals surface area contributed by atoms with Gasteiger partial charge in [-0.2, -0.15) is 0 Å². The molecule has 3 aromatic carbocycles. The zero-order valence-corrected chi connectivity index (χ0v) is 21.9. The SMILES string of the molecule is C=C(C)CS(=O)(=O)[C@@H]1OC[C@@H](OCc2ccccc2)[C@H](OCc2ccccc2)[C@H]1OCc1ccccc1. The Kier molecular flexibility index (Phi) is 9.66. The van der Waals surface area contributed by atoms with Gasteiger partial charge in [-0.15, -0.1) is 0 Å². The van der Waals surface area contributed by atoms with Crippen LogP contribution in [0.5, 0.6) is 0 Å². The van der Waals surface area contributed by atoms with E-state index in [4.69, 9.17) is 18.9 Å². The minimum atomic E-state index is -3.72. The number of rotatable bonds is 12. The summed E-state index contributed by atoms with van der Waals surface area (Å²) in [6.07, 6.45) is -2.10. The Hall–Kier alpha value is -2.81. The lowest BCUT2D eigenvalue weighted by molar-refractivity contribution is -0.221. The number of sulfone groups is 1. The van der Waals surface area contributed by atoms with Crippen LogP contribution in [-0.4, -0.2) is 44.5 Å². The highest BCUT2D eigenvalue weighted by molar-refractivity contribution is 7.92. The molecule has 1 saturated heterocycles. The van der Waals surface area contributed by atoms with Gasteiger partial charge >= 0.3 is 0 Å². The second-order valence-corrected chi connectivity index (χ2v) is 11.4. The molecule has 0 spiro atoms. The molecule has 0 bridgehead atoms. The molecule has 4 rings (SSSR count). The standard InChI is InChI=1S/C30H34O6S/c1-23(2)22-37(31,32)30-29(35-20-26-16-10-5-11-17-26)28(34-19-25-14-8-4-9-15-25)27(21-36-30)33-18-24-12-6-3-7-13-24/h3-17,27-30H,1,18-22H2,2H3/t27-,28+,29-,30+/m1/s1. The summed E-state index contributed by atoms with van der Waals surface area (Å²) >= 11 is 0. The molecule has 37 heavy (non-hydrogen) atoms. The molecule has 3 aromatic rings. The number of hydrogen-bond donors (Lipinski definition) is 0. The maximum Gasteiger partial charge on any atom is 0.187 e. The molecule has 1 heterocycles. The van der Waals surface area contributed by atoms with Crippen molar-refractivity contribution in [3.05, 3.63) is 120 Å². The molecule has 0 aromatic heterocycles. The Morgan fingerprint density at radius 1 is 0.757 bits per heavy atom. The summed E-state index contributed by atoms with van der Waals surface area (Å²) in [6.45, 7) is 6.39. The fourth-order valence-corrected chi connectivity index (χ4v) is 6.09. The van der Waals surface area contributed by atoms with E-state index in [9.17, 15) is 8.42 Å². The largest absolute Gasteiger partial charge is 0.368 e. The third kappa shape index (κ3) is 7.84. The molecular formula is C30H34O6S. The van der Waals surface area contributed by atoms with Crippen LogP contribution in [0.3, 0.4) is 0 Å². The molecule has 0 amide bonds. The van der Waals surface area contributed by atoms with E-state index < -0.39 is 33.6 Å². The van der Waals surface area contributed by atoms with Gasteiger partial charge in [0.15, 0.2) is 15.3 Å². The van der Waals surface area contributed by atoms with Gasteiger partial charge in [0.1, 0.15) is 18.3 Å². The summed E-state index contributed by atoms with van der Waals surface area (Å²) in [7, 11) is -3.72. The maximum atomic E-state index is 13.4. The van der Waals surface area contributed by atoms with Crippen molar-refractivity contribution in [3.8, 4) is 0 Å². The average molecular weight is 523 g/mol. The number of ether oxygens (including phenoxy) is 4. The second kappa shape index (κ2) is 13.1. The minimum absolute atomic E-state index is 0.0670. The van der Waals surface area contributed by atoms with Crippen LogP contribution in [0.2, 0.25) is 0 Å². The number of hydrogen-bond acceptors (Lipinski definition) is 6. The van der Waals surface area contributed by atoms with Crippen molar-refractivity contribution in [2.75, 3.05) is 12.4 Å². The van der Waals surface area contributed by atoms with Gasteiger partial charge in [-0.25, -0.2) is 8.42 Å². The van der Waals surface area contributed by atoms with Crippen molar-refractivity contribution >= 4 is 9.84 Å². The van der Waals surface area contributed by atoms with Crippen molar-refractivity contribution < 1.29 is 27.4 Å². The zero-order valence-electron chi connectivity index (χ0n) is 21.1. The number of benzene rings is 3. The van der Waals surface area contributed by atoms with Gasteiger partial charge in [0.05, 0.1) is 32.2 Å². The van der Waals surface area contributed by atoms with Gasteiger partial charge in [0.2, 0.25) is 0 Å². The van der Waals surface area contributed by atoms with Crippen molar-refractivity contribution in [2.24, 2.45) is 0 Å². The fraction of sp³-hybridized carbons (Fsp3) is 0.333. The van der Waals surface area contributed by atoms with Crippen LogP contribution >= 0.6 is 0 Å². The molecule has 6 nitrogen and oxygen atoms in total. The predicted octanol–water partition coefficient (Wildman–Crippen LogP) is 5.09. The molecular weight excluding hydrogens is 488 g/mol. The summed E-state index contributed by atoms with van der Waals surface area (Å²) in [5.41, 5.74) is 2.23. The summed E-state index contributed by atoms with van der Waals surface area (Å²) in [6, 6.07) is 29.2. The molecule has 1 fully saturated rings.